The van der Waals surface area contributed by atoms with Crippen molar-refractivity contribution in [2.45, 2.75) is 45.5 Å². The molecular formula is C25H26N4O3S. The van der Waals surface area contributed by atoms with Crippen LogP contribution in [0.3, 0.4) is 0 Å². The van der Waals surface area contributed by atoms with Gasteiger partial charge in [0.1, 0.15) is 0 Å². The molecular weight excluding hydrogens is 436 g/mol. The molecule has 1 amide bonds. The summed E-state index contributed by atoms with van der Waals surface area (Å²) in [6.45, 7) is 8.28. The number of anilines is 1. The van der Waals surface area contributed by atoms with Crippen LogP contribution < -0.4 is 5.32 Å². The van der Waals surface area contributed by atoms with Gasteiger partial charge in [-0.2, -0.15) is 0 Å². The van der Waals surface area contributed by atoms with Crippen molar-refractivity contribution in [1.29, 1.82) is 0 Å². The minimum atomic E-state index is -0.925. The van der Waals surface area contributed by atoms with Crippen LogP contribution in [0.15, 0.2) is 53.7 Å². The fraction of sp³-hybridized carbons (Fsp3) is 0.280. The van der Waals surface area contributed by atoms with Crippen LogP contribution >= 0.6 is 11.8 Å². The number of thioether (sulfide) groups is 1. The molecule has 7 nitrogen and oxygen atoms in total. The summed E-state index contributed by atoms with van der Waals surface area (Å²) < 4.78 is 7.56. The van der Waals surface area contributed by atoms with Gasteiger partial charge in [0, 0.05) is 45.4 Å². The van der Waals surface area contributed by atoms with Gasteiger partial charge in [-0.3, -0.25) is 9.59 Å². The first-order valence-corrected chi connectivity index (χ1v) is 11.8. The van der Waals surface area contributed by atoms with E-state index < -0.39 is 12.1 Å². The predicted octanol–water partition coefficient (Wildman–Crippen LogP) is 4.88. The van der Waals surface area contributed by atoms with Gasteiger partial charge >= 0.3 is 5.97 Å². The van der Waals surface area contributed by atoms with Crippen LogP contribution in [-0.4, -0.2) is 38.3 Å². The third-order valence-corrected chi connectivity index (χ3v) is 6.14. The number of para-hydroxylation sites is 1. The van der Waals surface area contributed by atoms with Crippen LogP contribution in [-0.2, 0) is 20.9 Å². The van der Waals surface area contributed by atoms with E-state index in [1.165, 1.54) is 11.8 Å². The van der Waals surface area contributed by atoms with E-state index in [9.17, 15) is 9.59 Å². The van der Waals surface area contributed by atoms with Crippen molar-refractivity contribution in [2.24, 2.45) is 0 Å². The summed E-state index contributed by atoms with van der Waals surface area (Å²) >= 11 is 1.19. The number of carbonyl (C=O) groups is 2. The Balaban J connectivity index is 1.41. The number of rotatable bonds is 7. The van der Waals surface area contributed by atoms with Crippen LogP contribution in [0.2, 0.25) is 0 Å². The molecule has 4 aromatic rings. The number of benzene rings is 2. The molecule has 0 aliphatic heterocycles. The maximum absolute atomic E-state index is 12.6. The lowest BCUT2D eigenvalue weighted by Crippen LogP contribution is -2.30. The summed E-state index contributed by atoms with van der Waals surface area (Å²) in [6, 6.07) is 15.9. The normalized spacial score (nSPS) is 12.1. The minimum Gasteiger partial charge on any atom is -0.452 e. The van der Waals surface area contributed by atoms with Gasteiger partial charge in [-0.05, 0) is 58.0 Å². The second-order valence-corrected chi connectivity index (χ2v) is 8.78. The summed E-state index contributed by atoms with van der Waals surface area (Å²) in [5.41, 5.74) is 4.61. The molecule has 8 heteroatoms. The zero-order chi connectivity index (χ0) is 23.5. The SMILES string of the molecule is CCn1c2ccccc2c2cc(NC(=O)C(C)OC(=O)CSc3nc(C)cc(C)n3)ccc21. The topological polar surface area (TPSA) is 86.1 Å². The van der Waals surface area contributed by atoms with Crippen molar-refractivity contribution in [1.82, 2.24) is 14.5 Å². The van der Waals surface area contributed by atoms with E-state index in [4.69, 9.17) is 4.74 Å². The van der Waals surface area contributed by atoms with Crippen molar-refractivity contribution < 1.29 is 14.3 Å². The molecule has 1 N–H and O–H groups in total. The Hall–Kier alpha value is -3.39. The van der Waals surface area contributed by atoms with Crippen molar-refractivity contribution >= 4 is 51.1 Å². The number of aryl methyl sites for hydroxylation is 3. The molecule has 0 bridgehead atoms. The van der Waals surface area contributed by atoms with Gasteiger partial charge in [-0.1, -0.05) is 30.0 Å². The van der Waals surface area contributed by atoms with E-state index in [1.54, 1.807) is 6.92 Å². The number of aromatic nitrogens is 3. The maximum Gasteiger partial charge on any atom is 0.317 e. The number of amides is 1. The average Bonchev–Trinajstić information content (AvgIpc) is 3.10. The third-order valence-electron chi connectivity index (χ3n) is 5.31. The molecule has 0 radical (unpaired) electrons. The highest BCUT2D eigenvalue weighted by Gasteiger charge is 2.19. The average molecular weight is 463 g/mol. The van der Waals surface area contributed by atoms with Crippen molar-refractivity contribution in [3.05, 3.63) is 59.9 Å². The van der Waals surface area contributed by atoms with Gasteiger partial charge in [0.2, 0.25) is 0 Å². The lowest BCUT2D eigenvalue weighted by atomic mass is 10.1. The molecule has 0 aliphatic rings. The zero-order valence-corrected chi connectivity index (χ0v) is 19.9. The molecule has 2 aromatic heterocycles. The number of nitrogens with zero attached hydrogens (tertiary/aromatic N) is 3. The summed E-state index contributed by atoms with van der Waals surface area (Å²) in [5.74, 6) is -0.843. The van der Waals surface area contributed by atoms with E-state index in [2.05, 4.69) is 38.9 Å². The maximum atomic E-state index is 12.6. The van der Waals surface area contributed by atoms with E-state index >= 15 is 0 Å². The standard InChI is InChI=1S/C25H26N4O3S/c1-5-29-21-9-7-6-8-19(21)20-13-18(10-11-22(20)29)28-24(31)17(4)32-23(30)14-33-25-26-15(2)12-16(3)27-25/h6-13,17H,5,14H2,1-4H3,(H,28,31). The number of ether oxygens (including phenoxy) is 1. The lowest BCUT2D eigenvalue weighted by Gasteiger charge is -2.13. The van der Waals surface area contributed by atoms with Crippen molar-refractivity contribution in [2.75, 3.05) is 11.1 Å². The van der Waals surface area contributed by atoms with Crippen LogP contribution in [0.25, 0.3) is 21.8 Å². The quantitative estimate of drug-likeness (QED) is 0.239. The Morgan fingerprint density at radius 3 is 2.45 bits per heavy atom. The number of hydrogen-bond acceptors (Lipinski definition) is 6. The van der Waals surface area contributed by atoms with Crippen LogP contribution in [0.5, 0.6) is 0 Å². The summed E-state index contributed by atoms with van der Waals surface area (Å²) in [4.78, 5) is 33.5. The fourth-order valence-corrected chi connectivity index (χ4v) is 4.61. The number of hydrogen-bond donors (Lipinski definition) is 1. The highest BCUT2D eigenvalue weighted by atomic mass is 32.2. The molecule has 0 saturated carbocycles. The third kappa shape index (κ3) is 5.01. The molecule has 0 spiro atoms. The van der Waals surface area contributed by atoms with Crippen molar-refractivity contribution in [3.8, 4) is 0 Å². The second kappa shape index (κ2) is 9.62. The Morgan fingerprint density at radius 1 is 1.03 bits per heavy atom. The van der Waals surface area contributed by atoms with Gasteiger partial charge in [0.25, 0.3) is 5.91 Å². The Morgan fingerprint density at radius 2 is 1.73 bits per heavy atom. The molecule has 2 heterocycles. The van der Waals surface area contributed by atoms with Crippen LogP contribution in [0.4, 0.5) is 5.69 Å². The molecule has 0 saturated heterocycles. The van der Waals surface area contributed by atoms with Gasteiger partial charge in [0.15, 0.2) is 11.3 Å². The van der Waals surface area contributed by atoms with E-state index in [0.717, 1.165) is 39.7 Å². The molecule has 2 aromatic carbocycles. The van der Waals surface area contributed by atoms with Gasteiger partial charge in [-0.15, -0.1) is 0 Å². The highest BCUT2D eigenvalue weighted by Crippen LogP contribution is 2.31. The predicted molar refractivity (Wildman–Crippen MR) is 132 cm³/mol. The first-order chi connectivity index (χ1) is 15.9. The Bertz CT molecular complexity index is 1330. The van der Waals surface area contributed by atoms with Gasteiger partial charge in [-0.25, -0.2) is 9.97 Å². The van der Waals surface area contributed by atoms with Gasteiger partial charge < -0.3 is 14.6 Å². The molecule has 4 rings (SSSR count). The summed E-state index contributed by atoms with van der Waals surface area (Å²) in [6.07, 6.45) is -0.925. The summed E-state index contributed by atoms with van der Waals surface area (Å²) in [7, 11) is 0. The highest BCUT2D eigenvalue weighted by molar-refractivity contribution is 7.99. The van der Waals surface area contributed by atoms with E-state index in [-0.39, 0.29) is 11.7 Å². The molecule has 1 unspecified atom stereocenters. The number of carbonyl (C=O) groups excluding carboxylic acids is 2. The van der Waals surface area contributed by atoms with Crippen molar-refractivity contribution in [3.63, 3.8) is 0 Å². The smallest absolute Gasteiger partial charge is 0.317 e. The van der Waals surface area contributed by atoms with Gasteiger partial charge in [0.05, 0.1) is 5.75 Å². The van der Waals surface area contributed by atoms with Crippen LogP contribution in [0, 0.1) is 13.8 Å². The first-order valence-electron chi connectivity index (χ1n) is 10.8. The lowest BCUT2D eigenvalue weighted by molar-refractivity contribution is -0.150. The number of nitrogens with one attached hydrogen (secondary N) is 1. The Labute approximate surface area is 196 Å². The first kappa shape index (κ1) is 22.8. The monoisotopic (exact) mass is 462 g/mol. The Kier molecular flexibility index (Phi) is 6.65. The minimum absolute atomic E-state index is 0.0307. The summed E-state index contributed by atoms with van der Waals surface area (Å²) in [5, 5.41) is 5.58. The zero-order valence-electron chi connectivity index (χ0n) is 19.1. The number of esters is 1. The van der Waals surface area contributed by atoms with E-state index in [1.807, 2.05) is 50.2 Å². The molecule has 0 aliphatic carbocycles. The molecule has 0 fully saturated rings. The molecule has 170 valence electrons. The second-order valence-electron chi connectivity index (χ2n) is 7.84. The molecule has 1 atom stereocenters. The fourth-order valence-electron chi connectivity index (χ4n) is 3.88. The van der Waals surface area contributed by atoms with E-state index in [0.29, 0.717) is 10.8 Å². The number of fused-ring (bicyclic) bond motifs is 3. The van der Waals surface area contributed by atoms with Crippen LogP contribution in [0.1, 0.15) is 25.2 Å². The largest absolute Gasteiger partial charge is 0.452 e. The molecule has 33 heavy (non-hydrogen) atoms.